The van der Waals surface area contributed by atoms with Crippen LogP contribution >= 0.6 is 0 Å². The number of amides is 3. The summed E-state index contributed by atoms with van der Waals surface area (Å²) in [5, 5.41) is 9.52. The number of likely N-dealkylation sites (N-methyl/N-ethyl adjacent to an activating group) is 1. The predicted octanol–water partition coefficient (Wildman–Crippen LogP) is 3.26. The molecule has 3 amide bonds. The minimum absolute atomic E-state index is 0.0841. The van der Waals surface area contributed by atoms with Gasteiger partial charge in [0.05, 0.1) is 11.1 Å². The first-order valence-electron chi connectivity index (χ1n) is 9.55. The average Bonchev–Trinajstić information content (AvgIpc) is 3.03. The molecular weight excluding hydrogens is 380 g/mol. The van der Waals surface area contributed by atoms with Crippen LogP contribution in [-0.4, -0.2) is 40.8 Å². The summed E-state index contributed by atoms with van der Waals surface area (Å²) < 4.78 is 0. The van der Waals surface area contributed by atoms with Crippen molar-refractivity contribution >= 4 is 23.4 Å². The summed E-state index contributed by atoms with van der Waals surface area (Å²) in [5.41, 5.74) is 2.00. The fourth-order valence-corrected chi connectivity index (χ4v) is 3.64. The van der Waals surface area contributed by atoms with E-state index in [1.165, 1.54) is 17.0 Å². The zero-order chi connectivity index (χ0) is 21.3. The van der Waals surface area contributed by atoms with Crippen molar-refractivity contribution in [3.63, 3.8) is 0 Å². The lowest BCUT2D eigenvalue weighted by atomic mass is 10.0. The molecule has 0 aliphatic carbocycles. The Bertz CT molecular complexity index is 1070. The summed E-state index contributed by atoms with van der Waals surface area (Å²) in [6.45, 7) is 0. The van der Waals surface area contributed by atoms with Crippen LogP contribution in [0.3, 0.4) is 0 Å². The van der Waals surface area contributed by atoms with E-state index in [9.17, 15) is 19.5 Å². The molecule has 1 N–H and O–H groups in total. The van der Waals surface area contributed by atoms with Crippen LogP contribution in [0.15, 0.2) is 78.9 Å². The molecule has 0 bridgehead atoms. The van der Waals surface area contributed by atoms with Crippen molar-refractivity contribution in [2.24, 2.45) is 0 Å². The van der Waals surface area contributed by atoms with Gasteiger partial charge in [-0.1, -0.05) is 42.5 Å². The summed E-state index contributed by atoms with van der Waals surface area (Å²) in [6.07, 6.45) is 0.202. The number of carbonyl (C=O) groups is 3. The molecule has 4 rings (SSSR count). The van der Waals surface area contributed by atoms with Crippen molar-refractivity contribution in [3.05, 3.63) is 95.6 Å². The third-order valence-electron chi connectivity index (χ3n) is 5.26. The van der Waals surface area contributed by atoms with Crippen molar-refractivity contribution in [1.82, 2.24) is 4.90 Å². The highest BCUT2D eigenvalue weighted by atomic mass is 16.3. The predicted molar refractivity (Wildman–Crippen MR) is 112 cm³/mol. The van der Waals surface area contributed by atoms with Crippen molar-refractivity contribution in [2.45, 2.75) is 12.5 Å². The molecule has 1 heterocycles. The number of anilines is 1. The number of hydrogen-bond donors (Lipinski definition) is 1. The number of hydrogen-bond acceptors (Lipinski definition) is 4. The maximum absolute atomic E-state index is 13.5. The van der Waals surface area contributed by atoms with Crippen LogP contribution in [0.25, 0.3) is 0 Å². The topological polar surface area (TPSA) is 77.9 Å². The van der Waals surface area contributed by atoms with E-state index in [4.69, 9.17) is 0 Å². The number of benzene rings is 3. The maximum atomic E-state index is 13.5. The van der Waals surface area contributed by atoms with Gasteiger partial charge in [0.15, 0.2) is 0 Å². The van der Waals surface area contributed by atoms with Gasteiger partial charge < -0.3 is 10.0 Å². The summed E-state index contributed by atoms with van der Waals surface area (Å²) in [6, 6.07) is 21.1. The molecule has 1 aliphatic heterocycles. The van der Waals surface area contributed by atoms with Gasteiger partial charge in [0.1, 0.15) is 11.8 Å². The van der Waals surface area contributed by atoms with Crippen LogP contribution in [0, 0.1) is 0 Å². The van der Waals surface area contributed by atoms with Crippen LogP contribution in [0.4, 0.5) is 5.69 Å². The minimum atomic E-state index is -1.00. The molecule has 0 aromatic heterocycles. The van der Waals surface area contributed by atoms with E-state index in [0.717, 1.165) is 10.5 Å². The van der Waals surface area contributed by atoms with E-state index in [1.54, 1.807) is 43.4 Å². The van der Waals surface area contributed by atoms with Gasteiger partial charge in [-0.15, -0.1) is 0 Å². The second-order valence-corrected chi connectivity index (χ2v) is 7.15. The molecular formula is C24H20N2O4. The highest BCUT2D eigenvalue weighted by Gasteiger charge is 2.43. The molecule has 0 fully saturated rings. The molecule has 0 saturated heterocycles. The normalized spacial score (nSPS) is 13.8. The standard InChI is InChI=1S/C24H20N2O4/c1-25(17-11-13-18(27)14-12-17)24(30)21(15-16-7-3-2-4-8-16)26-22(28)19-9-5-6-10-20(19)23(26)29/h2-14,21,27H,15H2,1H3/t21-/m0/s1. The average molecular weight is 400 g/mol. The maximum Gasteiger partial charge on any atom is 0.262 e. The molecule has 3 aromatic carbocycles. The Kier molecular flexibility index (Phi) is 5.06. The Morgan fingerprint density at radius 3 is 1.97 bits per heavy atom. The van der Waals surface area contributed by atoms with Crippen molar-refractivity contribution < 1.29 is 19.5 Å². The number of phenols is 1. The fourth-order valence-electron chi connectivity index (χ4n) is 3.64. The number of imide groups is 1. The third-order valence-corrected chi connectivity index (χ3v) is 5.26. The van der Waals surface area contributed by atoms with E-state index in [1.807, 2.05) is 30.3 Å². The molecule has 3 aromatic rings. The number of fused-ring (bicyclic) bond motifs is 1. The SMILES string of the molecule is CN(C(=O)[C@H](Cc1ccccc1)N1C(=O)c2ccccc2C1=O)c1ccc(O)cc1. The third kappa shape index (κ3) is 3.43. The van der Waals surface area contributed by atoms with E-state index in [-0.39, 0.29) is 18.1 Å². The van der Waals surface area contributed by atoms with E-state index >= 15 is 0 Å². The molecule has 150 valence electrons. The Labute approximate surface area is 174 Å². The molecule has 1 atom stereocenters. The summed E-state index contributed by atoms with van der Waals surface area (Å²) in [4.78, 5) is 42.0. The smallest absolute Gasteiger partial charge is 0.262 e. The number of carbonyl (C=O) groups excluding carboxylic acids is 3. The van der Waals surface area contributed by atoms with Gasteiger partial charge in [-0.3, -0.25) is 19.3 Å². The lowest BCUT2D eigenvalue weighted by Gasteiger charge is -2.29. The monoisotopic (exact) mass is 400 g/mol. The van der Waals surface area contributed by atoms with Crippen molar-refractivity contribution in [3.8, 4) is 5.75 Å². The number of rotatable bonds is 5. The molecule has 0 radical (unpaired) electrons. The van der Waals surface area contributed by atoms with E-state index in [0.29, 0.717) is 16.8 Å². The Hall–Kier alpha value is -3.93. The molecule has 30 heavy (non-hydrogen) atoms. The van der Waals surface area contributed by atoms with E-state index in [2.05, 4.69) is 0 Å². The molecule has 0 saturated carbocycles. The lowest BCUT2D eigenvalue weighted by molar-refractivity contribution is -0.122. The first-order chi connectivity index (χ1) is 14.5. The summed E-state index contributed by atoms with van der Waals surface area (Å²) in [5.74, 6) is -1.24. The zero-order valence-corrected chi connectivity index (χ0v) is 16.4. The van der Waals surface area contributed by atoms with Crippen molar-refractivity contribution in [2.75, 3.05) is 11.9 Å². The fraction of sp³-hybridized carbons (Fsp3) is 0.125. The minimum Gasteiger partial charge on any atom is -0.508 e. The summed E-state index contributed by atoms with van der Waals surface area (Å²) >= 11 is 0. The Morgan fingerprint density at radius 2 is 1.40 bits per heavy atom. The van der Waals surface area contributed by atoms with Gasteiger partial charge in [0.25, 0.3) is 11.8 Å². The zero-order valence-electron chi connectivity index (χ0n) is 16.4. The van der Waals surface area contributed by atoms with Gasteiger partial charge >= 0.3 is 0 Å². The quantitative estimate of drug-likeness (QED) is 0.667. The Morgan fingerprint density at radius 1 is 0.867 bits per heavy atom. The van der Waals surface area contributed by atoms with E-state index < -0.39 is 17.9 Å². The second-order valence-electron chi connectivity index (χ2n) is 7.15. The Balaban J connectivity index is 1.72. The van der Waals surface area contributed by atoms with Crippen LogP contribution in [0.2, 0.25) is 0 Å². The first-order valence-corrected chi connectivity index (χ1v) is 9.55. The second kappa shape index (κ2) is 7.83. The van der Waals surface area contributed by atoms with Gasteiger partial charge in [-0.25, -0.2) is 0 Å². The van der Waals surface area contributed by atoms with Crippen LogP contribution in [-0.2, 0) is 11.2 Å². The summed E-state index contributed by atoms with van der Waals surface area (Å²) in [7, 11) is 1.59. The highest BCUT2D eigenvalue weighted by Crippen LogP contribution is 2.28. The molecule has 0 spiro atoms. The lowest BCUT2D eigenvalue weighted by Crippen LogP contribution is -2.51. The van der Waals surface area contributed by atoms with Crippen LogP contribution in [0.5, 0.6) is 5.75 Å². The number of nitrogens with zero attached hydrogens (tertiary/aromatic N) is 2. The largest absolute Gasteiger partial charge is 0.508 e. The highest BCUT2D eigenvalue weighted by molar-refractivity contribution is 6.23. The van der Waals surface area contributed by atoms with Crippen LogP contribution < -0.4 is 4.90 Å². The first kappa shape index (κ1) is 19.4. The van der Waals surface area contributed by atoms with Gasteiger partial charge in [-0.2, -0.15) is 0 Å². The van der Waals surface area contributed by atoms with Gasteiger partial charge in [-0.05, 0) is 42.0 Å². The van der Waals surface area contributed by atoms with Gasteiger partial charge in [0, 0.05) is 19.2 Å². The molecule has 1 aliphatic rings. The van der Waals surface area contributed by atoms with Gasteiger partial charge in [0.2, 0.25) is 5.91 Å². The number of aromatic hydroxyl groups is 1. The van der Waals surface area contributed by atoms with Crippen LogP contribution in [0.1, 0.15) is 26.3 Å². The van der Waals surface area contributed by atoms with Crippen molar-refractivity contribution in [1.29, 1.82) is 0 Å². The molecule has 0 unspecified atom stereocenters. The molecule has 6 nitrogen and oxygen atoms in total. The molecule has 6 heteroatoms. The number of phenolic OH excluding ortho intramolecular Hbond substituents is 1.